The normalized spacial score (nSPS) is 32.0. The van der Waals surface area contributed by atoms with Crippen LogP contribution in [-0.4, -0.2) is 71.2 Å². The maximum atomic E-state index is 13.1. The molecular formula is C28H36N6O3. The molecule has 1 saturated heterocycles. The second-order valence-electron chi connectivity index (χ2n) is 11.9. The topological polar surface area (TPSA) is 99.7 Å². The first-order valence-corrected chi connectivity index (χ1v) is 13.4. The van der Waals surface area contributed by atoms with E-state index in [1.54, 1.807) is 18.3 Å². The minimum atomic E-state index is -0.467. The second-order valence-corrected chi connectivity index (χ2v) is 11.9. The molecule has 37 heavy (non-hydrogen) atoms. The van der Waals surface area contributed by atoms with Crippen LogP contribution in [-0.2, 0) is 0 Å². The molecule has 9 heteroatoms. The van der Waals surface area contributed by atoms with Gasteiger partial charge in [0, 0.05) is 42.5 Å². The van der Waals surface area contributed by atoms with Crippen LogP contribution in [0.25, 0.3) is 0 Å². The predicted octanol–water partition coefficient (Wildman–Crippen LogP) is 3.23. The summed E-state index contributed by atoms with van der Waals surface area (Å²) in [6.45, 7) is 1.84. The fourth-order valence-electron chi connectivity index (χ4n) is 7.70. The Morgan fingerprint density at radius 1 is 1.03 bits per heavy atom. The summed E-state index contributed by atoms with van der Waals surface area (Å²) in [6.07, 6.45) is 7.89. The van der Waals surface area contributed by atoms with Crippen molar-refractivity contribution < 1.29 is 14.3 Å². The maximum Gasteiger partial charge on any atom is 0.414 e. The molecule has 1 aliphatic heterocycles. The molecule has 4 aliphatic carbocycles. The number of hydrogen-bond donors (Lipinski definition) is 2. The van der Waals surface area contributed by atoms with Gasteiger partial charge in [0.05, 0.1) is 0 Å². The lowest BCUT2D eigenvalue weighted by atomic mass is 9.50. The average Bonchev–Trinajstić information content (AvgIpc) is 3.34. The summed E-state index contributed by atoms with van der Waals surface area (Å²) in [5.74, 6) is 1.96. The first-order chi connectivity index (χ1) is 17.8. The standard InChI is InChI=1S/C28H36N6O3/c1-33(2)21-9-11-34(17-21)23-7-5-8-24(30-23)37-26(36)32-28-15-19-12-20(16-28)14-27(13-19,18-28)31-25(35)22-6-3-4-10-29-22/h3-8,10,19-21H,9,11-18H2,1-2H3,(H,31,35)(H,32,36). The molecule has 2 amide bonds. The number of rotatable bonds is 6. The molecule has 2 aromatic heterocycles. The third kappa shape index (κ3) is 4.89. The summed E-state index contributed by atoms with van der Waals surface area (Å²) < 4.78 is 5.72. The molecule has 196 valence electrons. The van der Waals surface area contributed by atoms with Crippen LogP contribution in [0.1, 0.15) is 55.4 Å². The lowest BCUT2D eigenvalue weighted by Gasteiger charge is -2.61. The van der Waals surface area contributed by atoms with E-state index in [-0.39, 0.29) is 17.0 Å². The molecule has 9 nitrogen and oxygen atoms in total. The van der Waals surface area contributed by atoms with Crippen LogP contribution >= 0.6 is 0 Å². The van der Waals surface area contributed by atoms with Crippen molar-refractivity contribution in [2.45, 2.75) is 62.1 Å². The van der Waals surface area contributed by atoms with Crippen LogP contribution in [0.2, 0.25) is 0 Å². The number of nitrogens with one attached hydrogen (secondary N) is 2. The summed E-state index contributed by atoms with van der Waals surface area (Å²) in [6, 6.07) is 11.5. The van der Waals surface area contributed by atoms with E-state index in [9.17, 15) is 9.59 Å². The van der Waals surface area contributed by atoms with E-state index >= 15 is 0 Å². The third-order valence-electron chi connectivity index (χ3n) is 8.83. The van der Waals surface area contributed by atoms with Gasteiger partial charge in [-0.2, -0.15) is 4.98 Å². The number of likely N-dealkylation sites (N-methyl/N-ethyl adjacent to an activating group) is 1. The molecule has 0 aromatic carbocycles. The molecule has 0 spiro atoms. The zero-order chi connectivity index (χ0) is 25.6. The number of nitrogens with zero attached hydrogens (tertiary/aromatic N) is 4. The number of carbonyl (C=O) groups is 2. The minimum Gasteiger partial charge on any atom is -0.391 e. The van der Waals surface area contributed by atoms with Gasteiger partial charge in [-0.25, -0.2) is 4.79 Å². The van der Waals surface area contributed by atoms with Gasteiger partial charge < -0.3 is 25.2 Å². The summed E-state index contributed by atoms with van der Waals surface area (Å²) in [5, 5.41) is 6.56. The molecular weight excluding hydrogens is 468 g/mol. The Labute approximate surface area is 218 Å². The molecule has 3 atom stereocenters. The largest absolute Gasteiger partial charge is 0.414 e. The van der Waals surface area contributed by atoms with Crippen molar-refractivity contribution in [1.29, 1.82) is 0 Å². The zero-order valence-electron chi connectivity index (χ0n) is 21.7. The number of ether oxygens (including phenoxy) is 1. The molecule has 4 saturated carbocycles. The van der Waals surface area contributed by atoms with Crippen LogP contribution in [0.5, 0.6) is 5.88 Å². The molecule has 3 heterocycles. The van der Waals surface area contributed by atoms with Gasteiger partial charge in [0.25, 0.3) is 5.91 Å². The highest BCUT2D eigenvalue weighted by molar-refractivity contribution is 5.92. The summed E-state index contributed by atoms with van der Waals surface area (Å²) in [4.78, 5) is 39.5. The van der Waals surface area contributed by atoms with Crippen molar-refractivity contribution in [3.63, 3.8) is 0 Å². The summed E-state index contributed by atoms with van der Waals surface area (Å²) >= 11 is 0. The van der Waals surface area contributed by atoms with Crippen molar-refractivity contribution in [2.75, 3.05) is 32.1 Å². The van der Waals surface area contributed by atoms with Gasteiger partial charge in [0.2, 0.25) is 5.88 Å². The molecule has 5 aliphatic rings. The van der Waals surface area contributed by atoms with Crippen LogP contribution < -0.4 is 20.3 Å². The first kappa shape index (κ1) is 24.2. The zero-order valence-corrected chi connectivity index (χ0v) is 21.7. The van der Waals surface area contributed by atoms with Crippen molar-refractivity contribution >= 4 is 17.8 Å². The monoisotopic (exact) mass is 504 g/mol. The number of hydrogen-bond acceptors (Lipinski definition) is 7. The Morgan fingerprint density at radius 2 is 1.78 bits per heavy atom. The number of aromatic nitrogens is 2. The second kappa shape index (κ2) is 9.28. The average molecular weight is 505 g/mol. The van der Waals surface area contributed by atoms with E-state index in [0.29, 0.717) is 35.9 Å². The third-order valence-corrected chi connectivity index (χ3v) is 8.83. The molecule has 2 N–H and O–H groups in total. The Balaban J connectivity index is 1.13. The predicted molar refractivity (Wildman–Crippen MR) is 140 cm³/mol. The minimum absolute atomic E-state index is 0.139. The van der Waals surface area contributed by atoms with Gasteiger partial charge in [0.1, 0.15) is 11.5 Å². The Kier molecular flexibility index (Phi) is 6.06. The lowest BCUT2D eigenvalue weighted by molar-refractivity contribution is -0.0450. The van der Waals surface area contributed by atoms with Crippen molar-refractivity contribution in [2.24, 2.45) is 11.8 Å². The molecule has 7 rings (SSSR count). The highest BCUT2D eigenvalue weighted by atomic mass is 16.6. The van der Waals surface area contributed by atoms with Gasteiger partial charge >= 0.3 is 6.09 Å². The molecule has 5 fully saturated rings. The van der Waals surface area contributed by atoms with E-state index in [1.807, 2.05) is 24.3 Å². The van der Waals surface area contributed by atoms with E-state index in [2.05, 4.69) is 44.5 Å². The molecule has 3 unspecified atom stereocenters. The lowest BCUT2D eigenvalue weighted by Crippen LogP contribution is -2.70. The van der Waals surface area contributed by atoms with E-state index in [4.69, 9.17) is 4.74 Å². The van der Waals surface area contributed by atoms with Gasteiger partial charge in [-0.1, -0.05) is 12.1 Å². The van der Waals surface area contributed by atoms with Gasteiger partial charge in [-0.3, -0.25) is 9.78 Å². The summed E-state index contributed by atoms with van der Waals surface area (Å²) in [7, 11) is 4.20. The Bertz CT molecular complexity index is 1160. The number of carbonyl (C=O) groups excluding carboxylic acids is 2. The van der Waals surface area contributed by atoms with Crippen LogP contribution in [0, 0.1) is 11.8 Å². The highest BCUT2D eigenvalue weighted by Crippen LogP contribution is 2.57. The van der Waals surface area contributed by atoms with E-state index in [1.165, 1.54) is 0 Å². The molecule has 2 aromatic rings. The SMILES string of the molecule is CN(C)C1CCN(c2cccc(OC(=O)NC34CC5CC(C3)CC(NC(=O)c3ccccn3)(C5)C4)n2)C1. The Morgan fingerprint density at radius 3 is 2.46 bits per heavy atom. The van der Waals surface area contributed by atoms with E-state index < -0.39 is 6.09 Å². The number of anilines is 1. The van der Waals surface area contributed by atoms with Crippen LogP contribution in [0.15, 0.2) is 42.6 Å². The van der Waals surface area contributed by atoms with Crippen LogP contribution in [0.3, 0.4) is 0 Å². The van der Waals surface area contributed by atoms with Crippen LogP contribution in [0.4, 0.5) is 10.6 Å². The number of pyridine rings is 2. The fraction of sp³-hybridized carbons (Fsp3) is 0.571. The van der Waals surface area contributed by atoms with Gasteiger partial charge in [0.15, 0.2) is 0 Å². The Hall–Kier alpha value is -3.20. The van der Waals surface area contributed by atoms with E-state index in [0.717, 1.165) is 57.4 Å². The highest BCUT2D eigenvalue weighted by Gasteiger charge is 2.59. The van der Waals surface area contributed by atoms with Crippen molar-refractivity contribution in [3.05, 3.63) is 48.3 Å². The van der Waals surface area contributed by atoms with Crippen molar-refractivity contribution in [3.8, 4) is 5.88 Å². The maximum absolute atomic E-state index is 13.1. The van der Waals surface area contributed by atoms with Crippen molar-refractivity contribution in [1.82, 2.24) is 25.5 Å². The first-order valence-electron chi connectivity index (χ1n) is 13.4. The molecule has 0 radical (unpaired) electrons. The molecule has 4 bridgehead atoms. The quantitative estimate of drug-likeness (QED) is 0.623. The fourth-order valence-corrected chi connectivity index (χ4v) is 7.70. The smallest absolute Gasteiger partial charge is 0.391 e. The van der Waals surface area contributed by atoms with Gasteiger partial charge in [-0.05, 0) is 89.1 Å². The van der Waals surface area contributed by atoms with Gasteiger partial charge in [-0.15, -0.1) is 0 Å². The number of amides is 2. The summed E-state index contributed by atoms with van der Waals surface area (Å²) in [5.41, 5.74) is -0.257.